The second-order valence-electron chi connectivity index (χ2n) is 8.31. The summed E-state index contributed by atoms with van der Waals surface area (Å²) in [6, 6.07) is 11.6. The van der Waals surface area contributed by atoms with E-state index in [9.17, 15) is 4.79 Å². The molecule has 2 atom stereocenters. The lowest BCUT2D eigenvalue weighted by atomic mass is 9.89. The molecule has 1 N–H and O–H groups in total. The molecule has 1 amide bonds. The molecule has 1 aliphatic rings. The molecule has 0 fully saturated rings. The van der Waals surface area contributed by atoms with E-state index in [2.05, 4.69) is 5.32 Å². The SMILES string of the molecule is CC[C@@H](Oc1cc(C)ccc1C)C(=O)N[C@@H]1CC(C)(C)Oc2ccc(OC)cc21. The van der Waals surface area contributed by atoms with Gasteiger partial charge in [0, 0.05) is 12.0 Å². The molecule has 0 bridgehead atoms. The summed E-state index contributed by atoms with van der Waals surface area (Å²) in [6.07, 6.45) is 0.686. The van der Waals surface area contributed by atoms with Crippen molar-refractivity contribution in [2.75, 3.05) is 7.11 Å². The van der Waals surface area contributed by atoms with Crippen LogP contribution in [-0.4, -0.2) is 24.7 Å². The Bertz CT molecular complexity index is 890. The molecule has 0 aromatic heterocycles. The number of fused-ring (bicyclic) bond motifs is 1. The first-order valence-electron chi connectivity index (χ1n) is 10.1. The topological polar surface area (TPSA) is 56.8 Å². The van der Waals surface area contributed by atoms with Gasteiger partial charge >= 0.3 is 0 Å². The van der Waals surface area contributed by atoms with Gasteiger partial charge in [-0.1, -0.05) is 19.1 Å². The van der Waals surface area contributed by atoms with E-state index >= 15 is 0 Å². The Morgan fingerprint density at radius 3 is 2.69 bits per heavy atom. The smallest absolute Gasteiger partial charge is 0.261 e. The van der Waals surface area contributed by atoms with E-state index in [0.717, 1.165) is 33.9 Å². The molecular formula is C24H31NO4. The van der Waals surface area contributed by atoms with Crippen LogP contribution in [-0.2, 0) is 4.79 Å². The van der Waals surface area contributed by atoms with Crippen molar-refractivity contribution in [2.24, 2.45) is 0 Å². The predicted molar refractivity (Wildman–Crippen MR) is 114 cm³/mol. The quantitative estimate of drug-likeness (QED) is 0.754. The van der Waals surface area contributed by atoms with Gasteiger partial charge in [0.1, 0.15) is 22.8 Å². The van der Waals surface area contributed by atoms with Crippen LogP contribution in [0.1, 0.15) is 56.3 Å². The second kappa shape index (κ2) is 8.36. The molecular weight excluding hydrogens is 366 g/mol. The van der Waals surface area contributed by atoms with E-state index in [0.29, 0.717) is 12.8 Å². The fourth-order valence-electron chi connectivity index (χ4n) is 3.66. The standard InChI is InChI=1S/C24H31NO4/c1-7-20(28-22-12-15(2)8-9-16(22)3)23(26)25-19-14-24(4,5)29-21-11-10-17(27-6)13-18(19)21/h8-13,19-20H,7,14H2,1-6H3,(H,25,26)/t19-,20-/m1/s1. The molecule has 1 heterocycles. The molecule has 2 aromatic rings. The maximum atomic E-state index is 13.1. The fraction of sp³-hybridized carbons (Fsp3) is 0.458. The van der Waals surface area contributed by atoms with Crippen molar-refractivity contribution >= 4 is 5.91 Å². The molecule has 5 heteroatoms. The number of benzene rings is 2. The number of carbonyl (C=O) groups excluding carboxylic acids is 1. The molecule has 0 spiro atoms. The van der Waals surface area contributed by atoms with Gasteiger partial charge in [-0.15, -0.1) is 0 Å². The van der Waals surface area contributed by atoms with Crippen molar-refractivity contribution in [3.8, 4) is 17.2 Å². The molecule has 29 heavy (non-hydrogen) atoms. The summed E-state index contributed by atoms with van der Waals surface area (Å²) in [5.74, 6) is 2.15. The van der Waals surface area contributed by atoms with Gasteiger partial charge in [-0.2, -0.15) is 0 Å². The highest BCUT2D eigenvalue weighted by atomic mass is 16.5. The summed E-state index contributed by atoms with van der Waals surface area (Å²) in [7, 11) is 1.63. The van der Waals surface area contributed by atoms with Crippen molar-refractivity contribution in [1.29, 1.82) is 0 Å². The third kappa shape index (κ3) is 4.84. The van der Waals surface area contributed by atoms with E-state index in [-0.39, 0.29) is 17.6 Å². The lowest BCUT2D eigenvalue weighted by Crippen LogP contribution is -2.45. The molecule has 0 radical (unpaired) electrons. The Morgan fingerprint density at radius 1 is 1.24 bits per heavy atom. The number of carbonyl (C=O) groups is 1. The molecule has 0 saturated carbocycles. The van der Waals surface area contributed by atoms with Gasteiger partial charge in [0.2, 0.25) is 0 Å². The number of amides is 1. The number of methoxy groups -OCH3 is 1. The normalized spacial score (nSPS) is 18.2. The van der Waals surface area contributed by atoms with Gasteiger partial charge in [0.15, 0.2) is 6.10 Å². The lowest BCUT2D eigenvalue weighted by Gasteiger charge is -2.38. The predicted octanol–water partition coefficient (Wildman–Crippen LogP) is 4.89. The van der Waals surface area contributed by atoms with Gasteiger partial charge in [0.05, 0.1) is 13.2 Å². The Kier molecular flexibility index (Phi) is 6.06. The monoisotopic (exact) mass is 397 g/mol. The first-order chi connectivity index (χ1) is 13.7. The number of nitrogens with one attached hydrogen (secondary N) is 1. The Labute approximate surface area is 173 Å². The average Bonchev–Trinajstić information content (AvgIpc) is 2.67. The van der Waals surface area contributed by atoms with Crippen molar-refractivity contribution in [1.82, 2.24) is 5.32 Å². The van der Waals surface area contributed by atoms with E-state index in [1.165, 1.54) is 0 Å². The first-order valence-corrected chi connectivity index (χ1v) is 10.1. The van der Waals surface area contributed by atoms with Crippen LogP contribution in [0.25, 0.3) is 0 Å². The summed E-state index contributed by atoms with van der Waals surface area (Å²) in [4.78, 5) is 13.1. The second-order valence-corrected chi connectivity index (χ2v) is 8.31. The molecule has 3 rings (SSSR count). The van der Waals surface area contributed by atoms with Crippen LogP contribution in [0.15, 0.2) is 36.4 Å². The third-order valence-electron chi connectivity index (χ3n) is 5.27. The van der Waals surface area contributed by atoms with Crippen LogP contribution in [0.2, 0.25) is 0 Å². The Morgan fingerprint density at radius 2 is 2.00 bits per heavy atom. The molecule has 0 saturated heterocycles. The third-order valence-corrected chi connectivity index (χ3v) is 5.27. The van der Waals surface area contributed by atoms with Gasteiger partial charge in [-0.05, 0) is 69.5 Å². The van der Waals surface area contributed by atoms with Crippen LogP contribution < -0.4 is 19.5 Å². The first kappa shape index (κ1) is 21.0. The number of rotatable bonds is 6. The minimum atomic E-state index is -0.560. The maximum Gasteiger partial charge on any atom is 0.261 e. The van der Waals surface area contributed by atoms with Crippen molar-refractivity contribution < 1.29 is 19.0 Å². The van der Waals surface area contributed by atoms with Crippen LogP contribution >= 0.6 is 0 Å². The van der Waals surface area contributed by atoms with Gasteiger partial charge in [-0.25, -0.2) is 0 Å². The highest BCUT2D eigenvalue weighted by molar-refractivity contribution is 5.81. The van der Waals surface area contributed by atoms with Crippen LogP contribution in [0.4, 0.5) is 0 Å². The van der Waals surface area contributed by atoms with E-state index < -0.39 is 6.10 Å². The molecule has 1 aliphatic heterocycles. The minimum absolute atomic E-state index is 0.120. The zero-order chi connectivity index (χ0) is 21.2. The van der Waals surface area contributed by atoms with Gasteiger partial charge < -0.3 is 19.5 Å². The van der Waals surface area contributed by atoms with Crippen molar-refractivity contribution in [3.05, 3.63) is 53.1 Å². The zero-order valence-corrected chi connectivity index (χ0v) is 18.2. The fourth-order valence-corrected chi connectivity index (χ4v) is 3.66. The number of ether oxygens (including phenoxy) is 3. The highest BCUT2D eigenvalue weighted by Crippen LogP contribution is 2.41. The van der Waals surface area contributed by atoms with Crippen molar-refractivity contribution in [3.63, 3.8) is 0 Å². The molecule has 0 unspecified atom stereocenters. The van der Waals surface area contributed by atoms with Gasteiger partial charge in [0.25, 0.3) is 5.91 Å². The zero-order valence-electron chi connectivity index (χ0n) is 18.2. The Hall–Kier alpha value is -2.69. The lowest BCUT2D eigenvalue weighted by molar-refractivity contribution is -0.129. The molecule has 156 valence electrons. The number of hydrogen-bond acceptors (Lipinski definition) is 4. The van der Waals surface area contributed by atoms with Crippen LogP contribution in [0, 0.1) is 13.8 Å². The largest absolute Gasteiger partial charge is 0.497 e. The highest BCUT2D eigenvalue weighted by Gasteiger charge is 2.36. The van der Waals surface area contributed by atoms with Crippen molar-refractivity contribution in [2.45, 2.75) is 65.2 Å². The van der Waals surface area contributed by atoms with E-state index in [1.54, 1.807) is 7.11 Å². The van der Waals surface area contributed by atoms with E-state index in [4.69, 9.17) is 14.2 Å². The number of aryl methyl sites for hydroxylation is 2. The van der Waals surface area contributed by atoms with Crippen LogP contribution in [0.3, 0.4) is 0 Å². The van der Waals surface area contributed by atoms with Gasteiger partial charge in [-0.3, -0.25) is 4.79 Å². The molecule has 2 aromatic carbocycles. The summed E-state index contributed by atoms with van der Waals surface area (Å²) in [5.41, 5.74) is 2.67. The Balaban J connectivity index is 1.82. The van der Waals surface area contributed by atoms with E-state index in [1.807, 2.05) is 71.0 Å². The number of hydrogen-bond donors (Lipinski definition) is 1. The minimum Gasteiger partial charge on any atom is -0.497 e. The summed E-state index contributed by atoms with van der Waals surface area (Å²) in [5, 5.41) is 3.19. The molecule has 0 aliphatic carbocycles. The molecule has 5 nitrogen and oxygen atoms in total. The summed E-state index contributed by atoms with van der Waals surface area (Å²) >= 11 is 0. The maximum absolute atomic E-state index is 13.1. The van der Waals surface area contributed by atoms with Crippen LogP contribution in [0.5, 0.6) is 17.2 Å². The average molecular weight is 398 g/mol. The summed E-state index contributed by atoms with van der Waals surface area (Å²) in [6.45, 7) is 10.0. The summed E-state index contributed by atoms with van der Waals surface area (Å²) < 4.78 is 17.6.